The third-order valence-corrected chi connectivity index (χ3v) is 4.04. The fourth-order valence-corrected chi connectivity index (χ4v) is 2.70. The lowest BCUT2D eigenvalue weighted by Crippen LogP contribution is -2.50. The number of nitrogens with two attached hydrogens (primary N) is 1. The Morgan fingerprint density at radius 2 is 2.19 bits per heavy atom. The summed E-state index contributed by atoms with van der Waals surface area (Å²) >= 11 is 0. The Morgan fingerprint density at radius 1 is 1.43 bits per heavy atom. The third-order valence-electron chi connectivity index (χ3n) is 4.04. The summed E-state index contributed by atoms with van der Waals surface area (Å²) in [6.07, 6.45) is 7.36. The van der Waals surface area contributed by atoms with Crippen LogP contribution in [0.5, 0.6) is 0 Å². The number of morpholine rings is 1. The van der Waals surface area contributed by atoms with E-state index in [4.69, 9.17) is 10.5 Å². The van der Waals surface area contributed by atoms with Crippen molar-refractivity contribution in [3.63, 3.8) is 0 Å². The fourth-order valence-electron chi connectivity index (χ4n) is 2.70. The van der Waals surface area contributed by atoms with Gasteiger partial charge >= 0.3 is 0 Å². The number of halogens is 2. The zero-order valence-corrected chi connectivity index (χ0v) is 13.4. The van der Waals surface area contributed by atoms with Crippen LogP contribution in [0.2, 0.25) is 0 Å². The quantitative estimate of drug-likeness (QED) is 0.878. The number of carbonyl (C=O) groups is 1. The lowest BCUT2D eigenvalue weighted by molar-refractivity contribution is -0.144. The van der Waals surface area contributed by atoms with Crippen LogP contribution in [-0.4, -0.2) is 52.7 Å². The van der Waals surface area contributed by atoms with Crippen molar-refractivity contribution in [3.8, 4) is 0 Å². The summed E-state index contributed by atoms with van der Waals surface area (Å²) in [7, 11) is 0. The van der Waals surface area contributed by atoms with Crippen molar-refractivity contribution < 1.29 is 9.53 Å². The Morgan fingerprint density at radius 3 is 2.76 bits per heavy atom. The van der Waals surface area contributed by atoms with E-state index in [0.717, 1.165) is 19.4 Å². The minimum Gasteiger partial charge on any atom is -0.373 e. The molecule has 21 heavy (non-hydrogen) atoms. The number of carbonyl (C=O) groups excluding carboxylic acids is 1. The molecule has 0 aromatic carbocycles. The Kier molecular flexibility index (Phi) is 6.46. The first kappa shape index (κ1) is 18.2. The molecule has 0 bridgehead atoms. The van der Waals surface area contributed by atoms with Gasteiger partial charge in [-0.3, -0.25) is 4.79 Å². The number of imidazole rings is 1. The molecule has 1 saturated heterocycles. The van der Waals surface area contributed by atoms with Gasteiger partial charge in [0.25, 0.3) is 0 Å². The smallest absolute Gasteiger partial charge is 0.230 e. The molecule has 1 saturated carbocycles. The van der Waals surface area contributed by atoms with E-state index < -0.39 is 0 Å². The van der Waals surface area contributed by atoms with E-state index in [1.165, 1.54) is 0 Å². The number of amides is 1. The fraction of sp³-hybridized carbons (Fsp3) is 0.692. The molecule has 1 aromatic heterocycles. The predicted octanol–water partition coefficient (Wildman–Crippen LogP) is 0.693. The zero-order chi connectivity index (χ0) is 13.3. The lowest BCUT2D eigenvalue weighted by atomic mass is 10.0. The summed E-state index contributed by atoms with van der Waals surface area (Å²) in [5, 5.41) is 0. The van der Waals surface area contributed by atoms with Gasteiger partial charge in [-0.25, -0.2) is 4.98 Å². The Hall–Kier alpha value is -0.820. The maximum Gasteiger partial charge on any atom is 0.230 e. The maximum absolute atomic E-state index is 12.7. The first-order chi connectivity index (χ1) is 9.23. The average Bonchev–Trinajstić information content (AvgIpc) is 3.05. The number of ether oxygens (including phenoxy) is 1. The van der Waals surface area contributed by atoms with E-state index in [-0.39, 0.29) is 42.2 Å². The summed E-state index contributed by atoms with van der Waals surface area (Å²) in [4.78, 5) is 18.6. The Labute approximate surface area is 136 Å². The van der Waals surface area contributed by atoms with Crippen molar-refractivity contribution in [1.29, 1.82) is 0 Å². The standard InChI is InChI=1S/C13H20N4O2.2ClH/c14-7-11-8-17(5-6-19-11)12(18)13(1-2-13)9-16-4-3-15-10-16;;/h3-4,10-11H,1-2,5-9,14H2;2*1H. The molecule has 3 rings (SSSR count). The number of nitrogens with zero attached hydrogens (tertiary/aromatic N) is 3. The second-order valence-electron chi connectivity index (χ2n) is 5.50. The molecule has 1 unspecified atom stereocenters. The molecule has 2 aliphatic rings. The monoisotopic (exact) mass is 336 g/mol. The van der Waals surface area contributed by atoms with Crippen LogP contribution in [0.3, 0.4) is 0 Å². The van der Waals surface area contributed by atoms with E-state index in [1.807, 2.05) is 15.7 Å². The van der Waals surface area contributed by atoms with Gasteiger partial charge in [-0.05, 0) is 12.8 Å². The number of hydrogen-bond acceptors (Lipinski definition) is 4. The van der Waals surface area contributed by atoms with Crippen LogP contribution in [0.1, 0.15) is 12.8 Å². The molecule has 120 valence electrons. The largest absolute Gasteiger partial charge is 0.373 e. The highest BCUT2D eigenvalue weighted by Crippen LogP contribution is 2.48. The van der Waals surface area contributed by atoms with Gasteiger partial charge in [0.2, 0.25) is 5.91 Å². The molecule has 6 nitrogen and oxygen atoms in total. The third kappa shape index (κ3) is 3.88. The molecule has 2 N–H and O–H groups in total. The van der Waals surface area contributed by atoms with E-state index in [9.17, 15) is 4.79 Å². The van der Waals surface area contributed by atoms with Gasteiger partial charge in [0.15, 0.2) is 0 Å². The Bertz CT molecular complexity index is 451. The van der Waals surface area contributed by atoms with E-state index in [0.29, 0.717) is 26.2 Å². The van der Waals surface area contributed by atoms with Gasteiger partial charge < -0.3 is 19.9 Å². The summed E-state index contributed by atoms with van der Waals surface area (Å²) < 4.78 is 7.50. The number of aromatic nitrogens is 2. The molecule has 1 atom stereocenters. The van der Waals surface area contributed by atoms with Crippen LogP contribution in [0.25, 0.3) is 0 Å². The lowest BCUT2D eigenvalue weighted by Gasteiger charge is -2.34. The molecule has 1 aromatic rings. The molecule has 1 amide bonds. The first-order valence-corrected chi connectivity index (χ1v) is 6.80. The van der Waals surface area contributed by atoms with Gasteiger partial charge in [-0.2, -0.15) is 0 Å². The highest BCUT2D eigenvalue weighted by molar-refractivity contribution is 5.86. The van der Waals surface area contributed by atoms with Gasteiger partial charge in [0.1, 0.15) is 0 Å². The molecule has 8 heteroatoms. The van der Waals surface area contributed by atoms with Crippen LogP contribution in [0.4, 0.5) is 0 Å². The second kappa shape index (κ2) is 7.45. The van der Waals surface area contributed by atoms with Crippen molar-refractivity contribution in [3.05, 3.63) is 18.7 Å². The van der Waals surface area contributed by atoms with Crippen LogP contribution in [-0.2, 0) is 16.1 Å². The van der Waals surface area contributed by atoms with Crippen LogP contribution < -0.4 is 5.73 Å². The molecule has 0 radical (unpaired) electrons. The normalized spacial score (nSPS) is 22.9. The average molecular weight is 337 g/mol. The van der Waals surface area contributed by atoms with E-state index in [2.05, 4.69) is 4.98 Å². The highest BCUT2D eigenvalue weighted by Gasteiger charge is 2.52. The van der Waals surface area contributed by atoms with Gasteiger partial charge in [-0.15, -0.1) is 24.8 Å². The molecule has 2 fully saturated rings. The van der Waals surface area contributed by atoms with Gasteiger partial charge in [0, 0.05) is 38.6 Å². The van der Waals surface area contributed by atoms with Crippen molar-refractivity contribution in [2.24, 2.45) is 11.1 Å². The van der Waals surface area contributed by atoms with Crippen molar-refractivity contribution in [2.75, 3.05) is 26.2 Å². The number of rotatable bonds is 4. The Balaban J connectivity index is 0.00000110. The van der Waals surface area contributed by atoms with Crippen molar-refractivity contribution in [2.45, 2.75) is 25.5 Å². The summed E-state index contributed by atoms with van der Waals surface area (Å²) in [6.45, 7) is 3.10. The first-order valence-electron chi connectivity index (χ1n) is 6.80. The second-order valence-corrected chi connectivity index (χ2v) is 5.50. The molecular weight excluding hydrogens is 315 g/mol. The van der Waals surface area contributed by atoms with Crippen LogP contribution in [0.15, 0.2) is 18.7 Å². The molecule has 1 aliphatic carbocycles. The van der Waals surface area contributed by atoms with Gasteiger partial charge in [0.05, 0.1) is 24.5 Å². The minimum absolute atomic E-state index is 0. The maximum atomic E-state index is 12.7. The molecular formula is C13H22Cl2N4O2. The zero-order valence-electron chi connectivity index (χ0n) is 11.8. The number of hydrogen-bond donors (Lipinski definition) is 1. The van der Waals surface area contributed by atoms with Crippen molar-refractivity contribution in [1.82, 2.24) is 14.5 Å². The SMILES string of the molecule is Cl.Cl.NCC1CN(C(=O)C2(Cn3ccnc3)CC2)CCO1. The van der Waals surface area contributed by atoms with E-state index >= 15 is 0 Å². The van der Waals surface area contributed by atoms with Gasteiger partial charge in [-0.1, -0.05) is 0 Å². The molecule has 2 heterocycles. The van der Waals surface area contributed by atoms with Crippen molar-refractivity contribution >= 4 is 30.7 Å². The summed E-state index contributed by atoms with van der Waals surface area (Å²) in [5.74, 6) is 0.253. The topological polar surface area (TPSA) is 73.4 Å². The predicted molar refractivity (Wildman–Crippen MR) is 83.8 cm³/mol. The molecule has 0 spiro atoms. The van der Waals surface area contributed by atoms with Crippen LogP contribution in [0, 0.1) is 5.41 Å². The van der Waals surface area contributed by atoms with E-state index in [1.54, 1.807) is 12.5 Å². The summed E-state index contributed by atoms with van der Waals surface area (Å²) in [5.41, 5.74) is 5.41. The highest BCUT2D eigenvalue weighted by atomic mass is 35.5. The summed E-state index contributed by atoms with van der Waals surface area (Å²) in [6, 6.07) is 0. The van der Waals surface area contributed by atoms with Crippen LogP contribution >= 0.6 is 24.8 Å². The molecule has 1 aliphatic heterocycles. The minimum atomic E-state index is -0.211.